The number of fused-ring (bicyclic) bond motifs is 2. The third kappa shape index (κ3) is 2.86. The van der Waals surface area contributed by atoms with E-state index in [2.05, 4.69) is 18.4 Å². The van der Waals surface area contributed by atoms with Crippen LogP contribution >= 0.6 is 11.8 Å². The number of thioether (sulfide) groups is 1. The number of carbonyl (C=O) groups excluding carboxylic acids is 1. The van der Waals surface area contributed by atoms with Crippen molar-refractivity contribution in [2.45, 2.75) is 45.1 Å². The summed E-state index contributed by atoms with van der Waals surface area (Å²) in [4.78, 5) is 15.0. The fourth-order valence-corrected chi connectivity index (χ4v) is 6.51. The van der Waals surface area contributed by atoms with Gasteiger partial charge in [0.1, 0.15) is 6.10 Å². The van der Waals surface area contributed by atoms with E-state index in [1.54, 1.807) is 0 Å². The van der Waals surface area contributed by atoms with Crippen molar-refractivity contribution >= 4 is 17.7 Å². The van der Waals surface area contributed by atoms with Crippen LogP contribution < -0.4 is 0 Å². The van der Waals surface area contributed by atoms with Gasteiger partial charge in [-0.05, 0) is 43.4 Å². The van der Waals surface area contributed by atoms with Crippen molar-refractivity contribution in [2.75, 3.05) is 31.1 Å². The van der Waals surface area contributed by atoms with E-state index in [9.17, 15) is 4.79 Å². The molecule has 0 unspecified atom stereocenters. The van der Waals surface area contributed by atoms with Crippen LogP contribution in [0.2, 0.25) is 0 Å². The number of rotatable bonds is 2. The molecule has 2 aliphatic heterocycles. The van der Waals surface area contributed by atoms with Crippen molar-refractivity contribution in [3.8, 4) is 0 Å². The summed E-state index contributed by atoms with van der Waals surface area (Å²) in [5.41, 5.74) is 1.75. The molecule has 0 aromatic heterocycles. The molecule has 4 rings (SSSR count). The lowest BCUT2D eigenvalue weighted by atomic mass is 9.55. The highest BCUT2D eigenvalue weighted by Crippen LogP contribution is 2.56. The molecule has 0 bridgehead atoms. The highest BCUT2D eigenvalue weighted by Gasteiger charge is 2.55. The largest absolute Gasteiger partial charge is 0.462 e. The van der Waals surface area contributed by atoms with Crippen molar-refractivity contribution in [2.24, 2.45) is 23.2 Å². The topological polar surface area (TPSA) is 29.5 Å². The zero-order valence-electron chi connectivity index (χ0n) is 14.3. The lowest BCUT2D eigenvalue weighted by molar-refractivity contribution is -0.146. The summed E-state index contributed by atoms with van der Waals surface area (Å²) < 4.78 is 5.87. The fourth-order valence-electron chi connectivity index (χ4n) is 5.53. The number of allylic oxidation sites excluding steroid dienone is 1. The van der Waals surface area contributed by atoms with E-state index in [-0.39, 0.29) is 18.0 Å². The zero-order valence-corrected chi connectivity index (χ0v) is 15.1. The maximum Gasteiger partial charge on any atom is 0.310 e. The van der Waals surface area contributed by atoms with Crippen LogP contribution in [0.1, 0.15) is 39.0 Å². The Labute approximate surface area is 144 Å². The highest BCUT2D eigenvalue weighted by atomic mass is 32.2. The first-order valence-electron chi connectivity index (χ1n) is 9.25. The van der Waals surface area contributed by atoms with Gasteiger partial charge in [-0.3, -0.25) is 4.79 Å². The number of nitrogens with zero attached hydrogens (tertiary/aromatic N) is 1. The van der Waals surface area contributed by atoms with Gasteiger partial charge in [-0.1, -0.05) is 19.1 Å². The molecule has 0 radical (unpaired) electrons. The first-order valence-corrected chi connectivity index (χ1v) is 10.4. The van der Waals surface area contributed by atoms with E-state index in [1.165, 1.54) is 36.3 Å². The SMILES string of the molecule is C=C1CCC[C@@]2(C)C[C@H]3OC(=O)[C@@H](CN4CCSCC4)[C@@H]3C[C@@H]12. The maximum atomic E-state index is 12.5. The van der Waals surface area contributed by atoms with Crippen molar-refractivity contribution in [3.63, 3.8) is 0 Å². The Hall–Kier alpha value is -0.480. The molecule has 2 saturated carbocycles. The van der Waals surface area contributed by atoms with Gasteiger partial charge in [0, 0.05) is 37.1 Å². The minimum atomic E-state index is 0.0751. The van der Waals surface area contributed by atoms with Crippen LogP contribution in [0.25, 0.3) is 0 Å². The van der Waals surface area contributed by atoms with E-state index < -0.39 is 0 Å². The predicted octanol–water partition coefficient (Wildman–Crippen LogP) is 3.35. The van der Waals surface area contributed by atoms with Gasteiger partial charge in [0.25, 0.3) is 0 Å². The quantitative estimate of drug-likeness (QED) is 0.572. The molecule has 0 aromatic carbocycles. The molecule has 4 fully saturated rings. The molecule has 0 N–H and O–H groups in total. The van der Waals surface area contributed by atoms with Crippen LogP contribution in [-0.4, -0.2) is 48.1 Å². The second kappa shape index (κ2) is 6.11. The molecule has 2 aliphatic carbocycles. The molecule has 4 heteroatoms. The minimum Gasteiger partial charge on any atom is -0.462 e. The van der Waals surface area contributed by atoms with Crippen LogP contribution in [0.3, 0.4) is 0 Å². The van der Waals surface area contributed by atoms with Crippen molar-refractivity contribution < 1.29 is 9.53 Å². The zero-order chi connectivity index (χ0) is 16.0. The monoisotopic (exact) mass is 335 g/mol. The summed E-state index contributed by atoms with van der Waals surface area (Å²) in [6.07, 6.45) is 6.05. The summed E-state index contributed by atoms with van der Waals surface area (Å²) in [6, 6.07) is 0. The third-order valence-corrected chi connectivity index (χ3v) is 7.82. The number of ether oxygens (including phenoxy) is 1. The van der Waals surface area contributed by atoms with Gasteiger partial charge < -0.3 is 9.64 Å². The summed E-state index contributed by atoms with van der Waals surface area (Å²) in [5.74, 6) is 3.60. The van der Waals surface area contributed by atoms with E-state index in [4.69, 9.17) is 4.74 Å². The van der Waals surface area contributed by atoms with Gasteiger partial charge in [-0.15, -0.1) is 0 Å². The summed E-state index contributed by atoms with van der Waals surface area (Å²) in [5, 5.41) is 0. The molecular weight excluding hydrogens is 306 g/mol. The Bertz CT molecular complexity index is 502. The molecule has 23 heavy (non-hydrogen) atoms. The van der Waals surface area contributed by atoms with E-state index >= 15 is 0 Å². The van der Waals surface area contributed by atoms with Crippen LogP contribution in [0, 0.1) is 23.2 Å². The highest BCUT2D eigenvalue weighted by molar-refractivity contribution is 7.99. The molecular formula is C19H29NO2S. The van der Waals surface area contributed by atoms with E-state index in [0.29, 0.717) is 17.3 Å². The van der Waals surface area contributed by atoms with E-state index in [0.717, 1.165) is 32.5 Å². The smallest absolute Gasteiger partial charge is 0.310 e. The molecule has 0 amide bonds. The predicted molar refractivity (Wildman–Crippen MR) is 94.4 cm³/mol. The number of esters is 1. The van der Waals surface area contributed by atoms with Crippen LogP contribution in [-0.2, 0) is 9.53 Å². The minimum absolute atomic E-state index is 0.0751. The molecule has 4 aliphatic rings. The third-order valence-electron chi connectivity index (χ3n) is 6.88. The average molecular weight is 336 g/mol. The maximum absolute atomic E-state index is 12.5. The Morgan fingerprint density at radius 1 is 1.39 bits per heavy atom. The van der Waals surface area contributed by atoms with Crippen LogP contribution in [0.4, 0.5) is 0 Å². The van der Waals surface area contributed by atoms with E-state index in [1.807, 2.05) is 11.8 Å². The van der Waals surface area contributed by atoms with Gasteiger partial charge in [0.15, 0.2) is 0 Å². The second-order valence-electron chi connectivity index (χ2n) is 8.32. The van der Waals surface area contributed by atoms with Crippen molar-refractivity contribution in [1.29, 1.82) is 0 Å². The van der Waals surface area contributed by atoms with Gasteiger partial charge in [0.2, 0.25) is 0 Å². The summed E-state index contributed by atoms with van der Waals surface area (Å²) in [6.45, 7) is 9.95. The van der Waals surface area contributed by atoms with Crippen LogP contribution in [0.15, 0.2) is 12.2 Å². The summed E-state index contributed by atoms with van der Waals surface area (Å²) >= 11 is 2.03. The standard InChI is InChI=1S/C19H29NO2S/c1-13-4-3-5-19(2)11-17-14(10-16(13)19)15(18(21)22-17)12-20-6-8-23-9-7-20/h14-17H,1,3-12H2,2H3/t14-,15-,16-,17+,19-/m0/s1. The number of carbonyl (C=O) groups is 1. The molecule has 0 aromatic rings. The number of hydrogen-bond acceptors (Lipinski definition) is 4. The lowest BCUT2D eigenvalue weighted by Crippen LogP contribution is -2.46. The molecule has 128 valence electrons. The first kappa shape index (κ1) is 16.0. The fraction of sp³-hybridized carbons (Fsp3) is 0.842. The normalized spacial score (nSPS) is 44.6. The van der Waals surface area contributed by atoms with Gasteiger partial charge in [0.05, 0.1) is 5.92 Å². The van der Waals surface area contributed by atoms with Crippen LogP contribution in [0.5, 0.6) is 0 Å². The molecule has 3 nitrogen and oxygen atoms in total. The van der Waals surface area contributed by atoms with Gasteiger partial charge >= 0.3 is 5.97 Å². The molecule has 2 saturated heterocycles. The lowest BCUT2D eigenvalue weighted by Gasteiger charge is -2.50. The van der Waals surface area contributed by atoms with Crippen molar-refractivity contribution in [3.05, 3.63) is 12.2 Å². The Morgan fingerprint density at radius 2 is 2.17 bits per heavy atom. The van der Waals surface area contributed by atoms with Crippen molar-refractivity contribution in [1.82, 2.24) is 4.90 Å². The molecule has 2 heterocycles. The first-order chi connectivity index (χ1) is 11.1. The molecule has 0 spiro atoms. The second-order valence-corrected chi connectivity index (χ2v) is 9.54. The van der Waals surface area contributed by atoms with Gasteiger partial charge in [-0.2, -0.15) is 11.8 Å². The molecule has 5 atom stereocenters. The Kier molecular flexibility index (Phi) is 4.25. The Balaban J connectivity index is 1.50. The Morgan fingerprint density at radius 3 is 2.96 bits per heavy atom. The summed E-state index contributed by atoms with van der Waals surface area (Å²) in [7, 11) is 0. The van der Waals surface area contributed by atoms with Gasteiger partial charge in [-0.25, -0.2) is 0 Å². The average Bonchev–Trinajstić information content (AvgIpc) is 2.81. The number of hydrogen-bond donors (Lipinski definition) is 0.